The van der Waals surface area contributed by atoms with E-state index in [1.54, 1.807) is 43.5 Å². The number of carboxylic acids is 2. The molecule has 6 heterocycles. The van der Waals surface area contributed by atoms with E-state index in [-0.39, 0.29) is 61.0 Å². The number of aliphatic hydroxyl groups excluding tert-OH is 6. The van der Waals surface area contributed by atoms with Crippen LogP contribution in [0.25, 0.3) is 21.3 Å². The Morgan fingerprint density at radius 2 is 1.66 bits per heavy atom. The second-order valence-corrected chi connectivity index (χ2v) is 29.0. The van der Waals surface area contributed by atoms with E-state index in [1.165, 1.54) is 16.2 Å². The second-order valence-electron chi connectivity index (χ2n) is 28.0. The zero-order valence-corrected chi connectivity index (χ0v) is 57.6. The third-order valence-corrected chi connectivity index (χ3v) is 21.0. The minimum absolute atomic E-state index is 0.0299. The van der Waals surface area contributed by atoms with Crippen LogP contribution >= 0.6 is 11.3 Å². The summed E-state index contributed by atoms with van der Waals surface area (Å²) in [4.78, 5) is 103. The van der Waals surface area contributed by atoms with Gasteiger partial charge in [0, 0.05) is 91.9 Å². The number of benzene rings is 3. The van der Waals surface area contributed by atoms with Crippen LogP contribution in [0.1, 0.15) is 127 Å². The maximum atomic E-state index is 14.5. The number of carboxylic acid groups (broad SMARTS) is 2. The lowest BCUT2D eigenvalue weighted by Crippen LogP contribution is -2.61. The molecule has 2 bridgehead atoms. The molecule has 11 rings (SSSR count). The number of aromatic carboxylic acids is 1. The summed E-state index contributed by atoms with van der Waals surface area (Å²) in [5, 5.41) is 95.4. The maximum absolute atomic E-state index is 14.5. The highest BCUT2D eigenvalue weighted by atomic mass is 32.1. The highest BCUT2D eigenvalue weighted by molar-refractivity contribution is 7.22. The molecule has 28 nitrogen and oxygen atoms in total. The molecule has 10 N–H and O–H groups in total. The van der Waals surface area contributed by atoms with E-state index in [9.17, 15) is 74.4 Å². The lowest BCUT2D eigenvalue weighted by atomic mass is 9.53. The van der Waals surface area contributed by atoms with Gasteiger partial charge in [0.05, 0.1) is 40.8 Å². The molecule has 540 valence electrons. The predicted molar refractivity (Wildman–Crippen MR) is 366 cm³/mol. The lowest BCUT2D eigenvalue weighted by Gasteiger charge is -2.57. The maximum Gasteiger partial charge on any atom is 0.410 e. The van der Waals surface area contributed by atoms with Gasteiger partial charge in [0.2, 0.25) is 12.2 Å². The third-order valence-electron chi connectivity index (χ3n) is 20.1. The Morgan fingerprint density at radius 3 is 2.42 bits per heavy atom. The van der Waals surface area contributed by atoms with Crippen LogP contribution in [0.3, 0.4) is 0 Å². The number of rotatable bonds is 29. The second kappa shape index (κ2) is 31.2. The molecule has 2 aliphatic carbocycles. The van der Waals surface area contributed by atoms with Crippen LogP contribution in [0, 0.1) is 23.7 Å². The Balaban J connectivity index is 0.762. The number of ether oxygens (including phenoxy) is 4. The van der Waals surface area contributed by atoms with Crippen molar-refractivity contribution in [1.82, 2.24) is 34.9 Å². The summed E-state index contributed by atoms with van der Waals surface area (Å²) < 4.78 is 27.4. The van der Waals surface area contributed by atoms with E-state index in [0.717, 1.165) is 76.2 Å². The van der Waals surface area contributed by atoms with Gasteiger partial charge in [0.25, 0.3) is 17.7 Å². The molecule has 6 aromatic rings. The van der Waals surface area contributed by atoms with Crippen molar-refractivity contribution < 1.29 is 93.4 Å². The van der Waals surface area contributed by atoms with Crippen LogP contribution in [-0.4, -0.2) is 207 Å². The van der Waals surface area contributed by atoms with Gasteiger partial charge in [-0.05, 0) is 135 Å². The van der Waals surface area contributed by atoms with Crippen molar-refractivity contribution in [2.75, 3.05) is 56.2 Å². The summed E-state index contributed by atoms with van der Waals surface area (Å²) in [5.74, 6) is -5.11. The Hall–Kier alpha value is -8.78. The SMILES string of the molecule is Cc1c(-c2ccc(N3CCc4cccc(C(=O)Nc5nc6ccccc6s5)c4C3)nc2C(=O)O)cnn1CC1(C)CC2(C)CCCC(OCCN(CC[C@@H](O)[C@H](O)[C@H](C)CO)C(=O)OCc3ccc(CCCCNC(=O)CN4C(=O)C=CC4=O)cc3O[C@@H]3O[C@H](C(=O)O)[C@@H](O)[C@H](O)[C@H]3O)(C2)C1. The summed E-state index contributed by atoms with van der Waals surface area (Å²) in [5.41, 5.74) is 4.41. The molecule has 5 aliphatic rings. The number of fused-ring (bicyclic) bond motifs is 4. The molecule has 5 amide bonds. The first-order chi connectivity index (χ1) is 48.2. The number of nitrogens with zero attached hydrogens (tertiary/aromatic N) is 7. The number of carbonyl (C=O) groups excluding carboxylic acids is 5. The van der Waals surface area contributed by atoms with Crippen molar-refractivity contribution in [3.8, 4) is 16.9 Å². The summed E-state index contributed by atoms with van der Waals surface area (Å²) >= 11 is 1.39. The lowest BCUT2D eigenvalue weighted by molar-refractivity contribution is -0.271. The summed E-state index contributed by atoms with van der Waals surface area (Å²) in [7, 11) is 0. The van der Waals surface area contributed by atoms with E-state index in [2.05, 4.69) is 29.5 Å². The highest BCUT2D eigenvalue weighted by Gasteiger charge is 2.54. The van der Waals surface area contributed by atoms with Crippen molar-refractivity contribution in [2.45, 2.75) is 167 Å². The molecular formula is C72H87N9O19S. The van der Waals surface area contributed by atoms with Gasteiger partial charge in [-0.15, -0.1) is 0 Å². The number of hydrogen-bond donors (Lipinski definition) is 10. The number of imide groups is 1. The van der Waals surface area contributed by atoms with E-state index in [4.69, 9.17) is 29.0 Å². The van der Waals surface area contributed by atoms with Crippen LogP contribution in [0.5, 0.6) is 5.75 Å². The first kappa shape index (κ1) is 73.4. The smallest absolute Gasteiger partial charge is 0.410 e. The Morgan fingerprint density at radius 1 is 0.881 bits per heavy atom. The number of aryl methyl sites for hydroxylation is 1. The molecular weight excluding hydrogens is 1330 g/mol. The van der Waals surface area contributed by atoms with E-state index in [0.29, 0.717) is 84.9 Å². The van der Waals surface area contributed by atoms with Gasteiger partial charge in [-0.1, -0.05) is 74.9 Å². The molecule has 3 fully saturated rings. The van der Waals surface area contributed by atoms with Crippen LogP contribution in [-0.2, 0) is 65.9 Å². The standard InChI is InChI=1S/C72H87N9O19S/c1-41(35-82)59(87)51(83)23-28-78(69(96)97-36-45-17-16-43(11-7-8-26-73-55(84)34-80-56(85)20-21-57(80)86)31-52(45)99-67-62(90)60(88)61(89)63(100-67)66(94)95)29-30-98-72-25-10-24-70(3,38-72)37-71(4,39-72)40-81-42(2)48(32-74-81)46-18-19-54(76-58(46)65(92)93)79-27-22-44-12-9-13-47(49(44)33-79)64(91)77-68-75-50-14-5-6-15-53(50)101-68/h5-6,9,12-21,31-32,41,51,59-63,67,82-83,87-90H,7-8,10-11,22-30,33-40H2,1-4H3,(H,73,84)(H,92,93)(H,94,95)(H,75,77,91)/t41-,51-,59-,60+,61+,62-,63+,67-,70?,71?,72?/m1/s1. The monoisotopic (exact) mass is 1410 g/mol. The van der Waals surface area contributed by atoms with Crippen molar-refractivity contribution in [1.29, 1.82) is 0 Å². The number of amides is 5. The molecule has 1 saturated heterocycles. The summed E-state index contributed by atoms with van der Waals surface area (Å²) in [6, 6.07) is 21.7. The molecule has 101 heavy (non-hydrogen) atoms. The minimum atomic E-state index is -2.01. The normalized spacial score (nSPS) is 24.2. The van der Waals surface area contributed by atoms with Gasteiger partial charge in [-0.3, -0.25) is 34.1 Å². The van der Waals surface area contributed by atoms with Crippen molar-refractivity contribution in [2.24, 2.45) is 16.7 Å². The fourth-order valence-corrected chi connectivity index (χ4v) is 16.0. The van der Waals surface area contributed by atoms with Crippen molar-refractivity contribution >= 4 is 74.2 Å². The molecule has 11 atom stereocenters. The molecule has 0 radical (unpaired) electrons. The van der Waals surface area contributed by atoms with Crippen LogP contribution in [0.4, 0.5) is 15.7 Å². The first-order valence-corrected chi connectivity index (χ1v) is 34.9. The number of anilines is 2. The van der Waals surface area contributed by atoms with Gasteiger partial charge in [-0.2, -0.15) is 5.10 Å². The van der Waals surface area contributed by atoms with Gasteiger partial charge >= 0.3 is 18.0 Å². The van der Waals surface area contributed by atoms with Gasteiger partial charge in [0.15, 0.2) is 16.9 Å². The van der Waals surface area contributed by atoms with Crippen LogP contribution in [0.2, 0.25) is 0 Å². The summed E-state index contributed by atoms with van der Waals surface area (Å²) in [6.45, 7) is 8.05. The first-order valence-electron chi connectivity index (χ1n) is 34.1. The fourth-order valence-electron chi connectivity index (χ4n) is 15.1. The quantitative estimate of drug-likeness (QED) is 0.0204. The van der Waals surface area contributed by atoms with E-state index < -0.39 is 115 Å². The minimum Gasteiger partial charge on any atom is -0.479 e. The Labute approximate surface area is 586 Å². The van der Waals surface area contributed by atoms with Gasteiger partial charge < -0.3 is 74.9 Å². The molecule has 3 aromatic heterocycles. The number of nitrogens with one attached hydrogen (secondary N) is 2. The molecule has 29 heteroatoms. The Bertz CT molecular complexity index is 4060. The summed E-state index contributed by atoms with van der Waals surface area (Å²) in [6.07, 6.45) is -2.92. The molecule has 3 aliphatic heterocycles. The molecule has 3 aromatic carbocycles. The largest absolute Gasteiger partial charge is 0.479 e. The molecule has 0 spiro atoms. The predicted octanol–water partition coefficient (Wildman–Crippen LogP) is 5.53. The molecule has 2 saturated carbocycles. The Kier molecular flexibility index (Phi) is 22.7. The molecule has 3 unspecified atom stereocenters. The highest BCUT2D eigenvalue weighted by Crippen LogP contribution is 2.59. The van der Waals surface area contributed by atoms with Crippen LogP contribution in [0.15, 0.2) is 91.1 Å². The number of pyridine rings is 1. The number of aliphatic hydroxyl groups is 6. The van der Waals surface area contributed by atoms with Crippen molar-refractivity contribution in [3.05, 3.63) is 130 Å². The number of carbonyl (C=O) groups is 7. The number of thiazole rings is 1. The van der Waals surface area contributed by atoms with E-state index >= 15 is 0 Å². The number of aliphatic carboxylic acids is 1. The zero-order valence-electron chi connectivity index (χ0n) is 56.7. The number of aromatic nitrogens is 4. The van der Waals surface area contributed by atoms with E-state index in [1.807, 2.05) is 59.0 Å². The van der Waals surface area contributed by atoms with Gasteiger partial charge in [-0.25, -0.2) is 24.4 Å². The average Bonchev–Trinajstić information content (AvgIpc) is 1.29. The number of para-hydroxylation sites is 1. The third kappa shape index (κ3) is 16.9. The van der Waals surface area contributed by atoms with Crippen LogP contribution < -0.4 is 20.3 Å². The number of hydrogen-bond acceptors (Lipinski definition) is 22. The zero-order chi connectivity index (χ0) is 72.1. The average molecular weight is 1410 g/mol. The topological polar surface area (TPSA) is 396 Å². The van der Waals surface area contributed by atoms with Gasteiger partial charge in [0.1, 0.15) is 43.0 Å². The van der Waals surface area contributed by atoms with Crippen molar-refractivity contribution in [3.63, 3.8) is 0 Å². The number of unbranched alkanes of at least 4 members (excludes halogenated alkanes) is 1. The fraction of sp³-hybridized carbons (Fsp3) is 0.500.